The Kier molecular flexibility index (Phi) is 10.0. The molecular weight excluding hydrogens is 246 g/mol. The normalized spacial score (nSPS) is 10.4. The van der Waals surface area contributed by atoms with Crippen molar-refractivity contribution in [1.82, 2.24) is 5.32 Å². The molecule has 0 aliphatic heterocycles. The molecule has 0 aliphatic rings. The van der Waals surface area contributed by atoms with Gasteiger partial charge in [0.25, 0.3) is 0 Å². The molecule has 1 N–H and O–H groups in total. The molecule has 1 aromatic rings. The lowest BCUT2D eigenvalue weighted by atomic mass is 10.0. The Bertz CT molecular complexity index is 298. The van der Waals surface area contributed by atoms with Crippen molar-refractivity contribution < 1.29 is 4.74 Å². The molecule has 1 rings (SSSR count). The van der Waals surface area contributed by atoms with Crippen LogP contribution in [-0.2, 0) is 11.3 Å². The van der Waals surface area contributed by atoms with Crippen LogP contribution in [0.25, 0.3) is 0 Å². The van der Waals surface area contributed by atoms with Crippen molar-refractivity contribution in [3.8, 4) is 0 Å². The van der Waals surface area contributed by atoms with Crippen LogP contribution < -0.4 is 5.32 Å². The quantitative estimate of drug-likeness (QED) is 0.727. The number of hydrogen-bond acceptors (Lipinski definition) is 2. The molecule has 0 amide bonds. The minimum absolute atomic E-state index is 0. The Morgan fingerprint density at radius 3 is 2.39 bits per heavy atom. The minimum Gasteiger partial charge on any atom is -0.382 e. The van der Waals surface area contributed by atoms with Gasteiger partial charge in [-0.05, 0) is 36.9 Å². The summed E-state index contributed by atoms with van der Waals surface area (Å²) in [5.74, 6) is 0.614. The molecule has 0 aliphatic carbocycles. The van der Waals surface area contributed by atoms with Crippen LogP contribution in [0, 0.1) is 0 Å². The van der Waals surface area contributed by atoms with E-state index in [-0.39, 0.29) is 12.4 Å². The largest absolute Gasteiger partial charge is 0.382 e. The van der Waals surface area contributed by atoms with Crippen molar-refractivity contribution in [1.29, 1.82) is 0 Å². The van der Waals surface area contributed by atoms with Crippen LogP contribution in [-0.4, -0.2) is 19.8 Å². The molecule has 0 heterocycles. The predicted octanol–water partition coefficient (Wildman–Crippen LogP) is 3.75. The van der Waals surface area contributed by atoms with Crippen molar-refractivity contribution in [2.75, 3.05) is 19.8 Å². The Balaban J connectivity index is 0.00000289. The van der Waals surface area contributed by atoms with Gasteiger partial charge in [0.15, 0.2) is 0 Å². The zero-order valence-electron chi connectivity index (χ0n) is 11.7. The van der Waals surface area contributed by atoms with Gasteiger partial charge < -0.3 is 10.1 Å². The van der Waals surface area contributed by atoms with E-state index in [0.717, 1.165) is 32.7 Å². The summed E-state index contributed by atoms with van der Waals surface area (Å²) in [5, 5.41) is 3.43. The molecule has 0 radical (unpaired) electrons. The predicted molar refractivity (Wildman–Crippen MR) is 80.6 cm³/mol. The lowest BCUT2D eigenvalue weighted by molar-refractivity contribution is 0.144. The summed E-state index contributed by atoms with van der Waals surface area (Å²) in [6.07, 6.45) is 1.08. The summed E-state index contributed by atoms with van der Waals surface area (Å²) >= 11 is 0. The molecule has 1 aromatic carbocycles. The zero-order chi connectivity index (χ0) is 12.5. The third-order valence-corrected chi connectivity index (χ3v) is 2.82. The summed E-state index contributed by atoms with van der Waals surface area (Å²) in [6.45, 7) is 10.1. The molecule has 18 heavy (non-hydrogen) atoms. The van der Waals surface area contributed by atoms with Crippen LogP contribution in [0.2, 0.25) is 0 Å². The van der Waals surface area contributed by atoms with Crippen molar-refractivity contribution in [3.05, 3.63) is 35.4 Å². The summed E-state index contributed by atoms with van der Waals surface area (Å²) in [6, 6.07) is 8.87. The van der Waals surface area contributed by atoms with E-state index >= 15 is 0 Å². The Morgan fingerprint density at radius 1 is 1.17 bits per heavy atom. The van der Waals surface area contributed by atoms with Gasteiger partial charge in [0.2, 0.25) is 0 Å². The van der Waals surface area contributed by atoms with Crippen molar-refractivity contribution in [2.45, 2.75) is 39.7 Å². The standard InChI is InChI=1S/C15H25NO.ClH/c1-4-17-11-5-10-16-12-14-6-8-15(9-7-14)13(2)3;/h6-9,13,16H,4-5,10-12H2,1-3H3;1H. The van der Waals surface area contributed by atoms with Gasteiger partial charge in [0, 0.05) is 19.8 Å². The van der Waals surface area contributed by atoms with E-state index in [1.165, 1.54) is 11.1 Å². The van der Waals surface area contributed by atoms with E-state index in [2.05, 4.69) is 43.4 Å². The van der Waals surface area contributed by atoms with Gasteiger partial charge >= 0.3 is 0 Å². The van der Waals surface area contributed by atoms with Crippen LogP contribution in [0.4, 0.5) is 0 Å². The molecule has 0 spiro atoms. The Morgan fingerprint density at radius 2 is 1.83 bits per heavy atom. The number of nitrogens with one attached hydrogen (secondary N) is 1. The molecule has 0 fully saturated rings. The first-order valence-corrected chi connectivity index (χ1v) is 6.61. The Labute approximate surface area is 118 Å². The van der Waals surface area contributed by atoms with E-state index in [0.29, 0.717) is 5.92 Å². The lowest BCUT2D eigenvalue weighted by Crippen LogP contribution is -2.16. The highest BCUT2D eigenvalue weighted by Crippen LogP contribution is 2.14. The van der Waals surface area contributed by atoms with E-state index in [9.17, 15) is 0 Å². The summed E-state index contributed by atoms with van der Waals surface area (Å²) in [4.78, 5) is 0. The Hall–Kier alpha value is -0.570. The molecule has 0 bridgehead atoms. The first-order chi connectivity index (χ1) is 8.24. The second kappa shape index (κ2) is 10.4. The van der Waals surface area contributed by atoms with Crippen LogP contribution in [0.5, 0.6) is 0 Å². The van der Waals surface area contributed by atoms with Crippen LogP contribution in [0.15, 0.2) is 24.3 Å². The molecule has 0 saturated carbocycles. The number of benzene rings is 1. The summed E-state index contributed by atoms with van der Waals surface area (Å²) in [7, 11) is 0. The van der Waals surface area contributed by atoms with Gasteiger partial charge in [-0.2, -0.15) is 0 Å². The van der Waals surface area contributed by atoms with Gasteiger partial charge in [-0.3, -0.25) is 0 Å². The highest BCUT2D eigenvalue weighted by molar-refractivity contribution is 5.85. The first kappa shape index (κ1) is 17.4. The molecule has 0 atom stereocenters. The third kappa shape index (κ3) is 7.00. The average molecular weight is 272 g/mol. The van der Waals surface area contributed by atoms with Crippen molar-refractivity contribution in [3.63, 3.8) is 0 Å². The lowest BCUT2D eigenvalue weighted by Gasteiger charge is -2.08. The fourth-order valence-corrected chi connectivity index (χ4v) is 1.70. The second-order valence-corrected chi connectivity index (χ2v) is 4.62. The maximum atomic E-state index is 5.29. The van der Waals surface area contributed by atoms with Crippen LogP contribution in [0.3, 0.4) is 0 Å². The molecule has 0 aromatic heterocycles. The monoisotopic (exact) mass is 271 g/mol. The first-order valence-electron chi connectivity index (χ1n) is 6.61. The fourth-order valence-electron chi connectivity index (χ4n) is 1.70. The van der Waals surface area contributed by atoms with Crippen molar-refractivity contribution >= 4 is 12.4 Å². The van der Waals surface area contributed by atoms with E-state index in [1.54, 1.807) is 0 Å². The van der Waals surface area contributed by atoms with Gasteiger partial charge in [-0.25, -0.2) is 0 Å². The van der Waals surface area contributed by atoms with E-state index < -0.39 is 0 Å². The maximum Gasteiger partial charge on any atom is 0.0477 e. The highest BCUT2D eigenvalue weighted by Gasteiger charge is 1.98. The summed E-state index contributed by atoms with van der Waals surface area (Å²) in [5.41, 5.74) is 2.76. The average Bonchev–Trinajstić information content (AvgIpc) is 2.34. The number of hydrogen-bond donors (Lipinski definition) is 1. The topological polar surface area (TPSA) is 21.3 Å². The van der Waals surface area contributed by atoms with Gasteiger partial charge in [-0.15, -0.1) is 12.4 Å². The number of halogens is 1. The maximum absolute atomic E-state index is 5.29. The zero-order valence-corrected chi connectivity index (χ0v) is 12.6. The molecule has 104 valence electrons. The summed E-state index contributed by atoms with van der Waals surface area (Å²) < 4.78 is 5.29. The molecule has 2 nitrogen and oxygen atoms in total. The van der Waals surface area contributed by atoms with Crippen LogP contribution >= 0.6 is 12.4 Å². The second-order valence-electron chi connectivity index (χ2n) is 4.62. The smallest absolute Gasteiger partial charge is 0.0477 e. The third-order valence-electron chi connectivity index (χ3n) is 2.82. The molecule has 3 heteroatoms. The number of rotatable bonds is 8. The fraction of sp³-hybridized carbons (Fsp3) is 0.600. The van der Waals surface area contributed by atoms with E-state index in [4.69, 9.17) is 4.74 Å². The number of ether oxygens (including phenoxy) is 1. The minimum atomic E-state index is 0. The van der Waals surface area contributed by atoms with Gasteiger partial charge in [0.1, 0.15) is 0 Å². The molecular formula is C15H26ClNO. The molecule has 0 unspecified atom stereocenters. The molecule has 0 saturated heterocycles. The SMILES string of the molecule is CCOCCCNCc1ccc(C(C)C)cc1.Cl. The van der Waals surface area contributed by atoms with Crippen LogP contribution in [0.1, 0.15) is 44.2 Å². The van der Waals surface area contributed by atoms with Crippen molar-refractivity contribution in [2.24, 2.45) is 0 Å². The highest BCUT2D eigenvalue weighted by atomic mass is 35.5. The van der Waals surface area contributed by atoms with E-state index in [1.807, 2.05) is 6.92 Å². The van der Waals surface area contributed by atoms with Gasteiger partial charge in [-0.1, -0.05) is 38.1 Å². The van der Waals surface area contributed by atoms with Gasteiger partial charge in [0.05, 0.1) is 0 Å².